The molecule has 1 aliphatic rings. The van der Waals surface area contributed by atoms with Crippen molar-refractivity contribution in [3.63, 3.8) is 0 Å². The Morgan fingerprint density at radius 3 is 2.89 bits per heavy atom. The summed E-state index contributed by atoms with van der Waals surface area (Å²) in [5.41, 5.74) is 1.30. The first kappa shape index (κ1) is 17.8. The fraction of sp³-hybridized carbons (Fsp3) is 0.300. The van der Waals surface area contributed by atoms with E-state index in [4.69, 9.17) is 14.2 Å². The van der Waals surface area contributed by atoms with Gasteiger partial charge in [0.15, 0.2) is 5.13 Å². The van der Waals surface area contributed by atoms with Crippen LogP contribution in [0.15, 0.2) is 42.5 Å². The summed E-state index contributed by atoms with van der Waals surface area (Å²) in [4.78, 5) is 17.0. The molecule has 0 spiro atoms. The van der Waals surface area contributed by atoms with Gasteiger partial charge in [0.2, 0.25) is 0 Å². The van der Waals surface area contributed by atoms with Gasteiger partial charge in [-0.15, -0.1) is 0 Å². The number of fused-ring (bicyclic) bond motifs is 1. The Hall–Kier alpha value is -2.64. The quantitative estimate of drug-likeness (QED) is 0.692. The van der Waals surface area contributed by atoms with E-state index in [9.17, 15) is 4.79 Å². The molecular weight excluding hydrogens is 364 g/mol. The smallest absolute Gasteiger partial charge is 0.257 e. The van der Waals surface area contributed by atoms with Gasteiger partial charge < -0.3 is 14.2 Å². The third-order valence-corrected chi connectivity index (χ3v) is 5.33. The highest BCUT2D eigenvalue weighted by Crippen LogP contribution is 2.32. The molecule has 1 fully saturated rings. The third-order valence-electron chi connectivity index (χ3n) is 4.40. The number of rotatable bonds is 6. The second-order valence-corrected chi connectivity index (χ2v) is 7.28. The lowest BCUT2D eigenvalue weighted by atomic mass is 10.2. The molecule has 0 bridgehead atoms. The van der Waals surface area contributed by atoms with Crippen molar-refractivity contribution in [3.8, 4) is 11.5 Å². The lowest BCUT2D eigenvalue weighted by Gasteiger charge is -2.11. The standard InChI is InChI=1S/C20H20N2O4S/c1-24-16-5-2-6-17-18(16)21-20(27-17)22-19(23)13-7-9-14(10-8-13)26-12-15-4-3-11-25-15/h2,5-10,15H,3-4,11-12H2,1H3,(H,21,22,23). The molecule has 1 atom stereocenters. The normalized spacial score (nSPS) is 16.4. The Labute approximate surface area is 161 Å². The van der Waals surface area contributed by atoms with Crippen LogP contribution in [-0.4, -0.2) is 37.3 Å². The zero-order valence-corrected chi connectivity index (χ0v) is 15.8. The number of para-hydroxylation sites is 1. The maximum atomic E-state index is 12.5. The lowest BCUT2D eigenvalue weighted by Crippen LogP contribution is -2.16. The van der Waals surface area contributed by atoms with Crippen LogP contribution >= 0.6 is 11.3 Å². The van der Waals surface area contributed by atoms with Crippen molar-refractivity contribution < 1.29 is 19.0 Å². The number of nitrogens with one attached hydrogen (secondary N) is 1. The van der Waals surface area contributed by atoms with E-state index in [0.29, 0.717) is 23.1 Å². The van der Waals surface area contributed by atoms with Crippen LogP contribution in [0.4, 0.5) is 5.13 Å². The van der Waals surface area contributed by atoms with Crippen molar-refractivity contribution in [2.45, 2.75) is 18.9 Å². The second kappa shape index (κ2) is 7.94. The number of amides is 1. The summed E-state index contributed by atoms with van der Waals surface area (Å²) in [6, 6.07) is 12.8. The molecule has 0 radical (unpaired) electrons. The number of ether oxygens (including phenoxy) is 3. The van der Waals surface area contributed by atoms with E-state index in [2.05, 4.69) is 10.3 Å². The van der Waals surface area contributed by atoms with Crippen LogP contribution in [0.5, 0.6) is 11.5 Å². The first-order valence-electron chi connectivity index (χ1n) is 8.82. The predicted molar refractivity (Wildman–Crippen MR) is 105 cm³/mol. The van der Waals surface area contributed by atoms with Gasteiger partial charge in [-0.1, -0.05) is 17.4 Å². The van der Waals surface area contributed by atoms with Crippen LogP contribution in [0.2, 0.25) is 0 Å². The number of methoxy groups -OCH3 is 1. The van der Waals surface area contributed by atoms with Gasteiger partial charge in [0.05, 0.1) is 17.9 Å². The molecule has 7 heteroatoms. The number of thiazole rings is 1. The van der Waals surface area contributed by atoms with Crippen molar-refractivity contribution in [1.29, 1.82) is 0 Å². The molecule has 4 rings (SSSR count). The van der Waals surface area contributed by atoms with E-state index < -0.39 is 0 Å². The molecule has 1 N–H and O–H groups in total. The average molecular weight is 384 g/mol. The molecule has 1 unspecified atom stereocenters. The number of hydrogen-bond acceptors (Lipinski definition) is 6. The molecular formula is C20H20N2O4S. The van der Waals surface area contributed by atoms with Crippen LogP contribution in [0.1, 0.15) is 23.2 Å². The third kappa shape index (κ3) is 4.04. The number of nitrogens with zero attached hydrogens (tertiary/aromatic N) is 1. The van der Waals surface area contributed by atoms with Gasteiger partial charge >= 0.3 is 0 Å². The Kier molecular flexibility index (Phi) is 5.22. The number of anilines is 1. The molecule has 6 nitrogen and oxygen atoms in total. The topological polar surface area (TPSA) is 69.7 Å². The van der Waals surface area contributed by atoms with Crippen LogP contribution in [0.3, 0.4) is 0 Å². The van der Waals surface area contributed by atoms with Crippen molar-refractivity contribution in [1.82, 2.24) is 4.98 Å². The minimum Gasteiger partial charge on any atom is -0.494 e. The fourth-order valence-corrected chi connectivity index (χ4v) is 3.86. The van der Waals surface area contributed by atoms with Gasteiger partial charge in [-0.2, -0.15) is 0 Å². The number of hydrogen-bond donors (Lipinski definition) is 1. The number of carbonyl (C=O) groups excluding carboxylic acids is 1. The fourth-order valence-electron chi connectivity index (χ4n) is 2.98. The summed E-state index contributed by atoms with van der Waals surface area (Å²) >= 11 is 1.41. The minimum atomic E-state index is -0.210. The van der Waals surface area contributed by atoms with E-state index in [1.807, 2.05) is 18.2 Å². The molecule has 2 aromatic carbocycles. The molecule has 1 amide bonds. The van der Waals surface area contributed by atoms with Gasteiger partial charge in [-0.3, -0.25) is 10.1 Å². The highest BCUT2D eigenvalue weighted by Gasteiger charge is 2.16. The molecule has 27 heavy (non-hydrogen) atoms. The zero-order chi connectivity index (χ0) is 18.6. The summed E-state index contributed by atoms with van der Waals surface area (Å²) in [5.74, 6) is 1.21. The summed E-state index contributed by atoms with van der Waals surface area (Å²) in [6.45, 7) is 1.35. The summed E-state index contributed by atoms with van der Waals surface area (Å²) < 4.78 is 17.5. The molecule has 140 valence electrons. The minimum absolute atomic E-state index is 0.170. The summed E-state index contributed by atoms with van der Waals surface area (Å²) in [6.07, 6.45) is 2.29. The Morgan fingerprint density at radius 1 is 1.30 bits per heavy atom. The second-order valence-electron chi connectivity index (χ2n) is 6.25. The van der Waals surface area contributed by atoms with Crippen molar-refractivity contribution in [3.05, 3.63) is 48.0 Å². The maximum Gasteiger partial charge on any atom is 0.257 e. The van der Waals surface area contributed by atoms with Gasteiger partial charge in [0, 0.05) is 12.2 Å². The van der Waals surface area contributed by atoms with E-state index in [1.165, 1.54) is 11.3 Å². The Morgan fingerprint density at radius 2 is 2.15 bits per heavy atom. The zero-order valence-electron chi connectivity index (χ0n) is 14.9. The largest absolute Gasteiger partial charge is 0.494 e. The highest BCUT2D eigenvalue weighted by atomic mass is 32.1. The van der Waals surface area contributed by atoms with Gasteiger partial charge in [-0.25, -0.2) is 4.98 Å². The summed E-state index contributed by atoms with van der Waals surface area (Å²) in [5, 5.41) is 3.39. The van der Waals surface area contributed by atoms with Crippen LogP contribution in [-0.2, 0) is 4.74 Å². The Balaban J connectivity index is 1.40. The molecule has 0 saturated carbocycles. The van der Waals surface area contributed by atoms with E-state index in [-0.39, 0.29) is 12.0 Å². The van der Waals surface area contributed by atoms with Crippen molar-refractivity contribution in [2.24, 2.45) is 0 Å². The van der Waals surface area contributed by atoms with Gasteiger partial charge in [0.25, 0.3) is 5.91 Å². The molecule has 0 aliphatic carbocycles. The average Bonchev–Trinajstić information content (AvgIpc) is 3.35. The Bertz CT molecular complexity index is 933. The van der Waals surface area contributed by atoms with Crippen molar-refractivity contribution >= 4 is 32.6 Å². The van der Waals surface area contributed by atoms with E-state index >= 15 is 0 Å². The highest BCUT2D eigenvalue weighted by molar-refractivity contribution is 7.22. The molecule has 1 saturated heterocycles. The maximum absolute atomic E-state index is 12.5. The molecule has 3 aromatic rings. The number of benzene rings is 2. The number of aromatic nitrogens is 1. The molecule has 1 aliphatic heterocycles. The van der Waals surface area contributed by atoms with E-state index in [1.54, 1.807) is 31.4 Å². The molecule has 1 aromatic heterocycles. The summed E-state index contributed by atoms with van der Waals surface area (Å²) in [7, 11) is 1.61. The van der Waals surface area contributed by atoms with Gasteiger partial charge in [-0.05, 0) is 49.2 Å². The van der Waals surface area contributed by atoms with Crippen LogP contribution in [0.25, 0.3) is 10.2 Å². The van der Waals surface area contributed by atoms with E-state index in [0.717, 1.165) is 35.4 Å². The van der Waals surface area contributed by atoms with Crippen molar-refractivity contribution in [2.75, 3.05) is 25.6 Å². The van der Waals surface area contributed by atoms with Crippen LogP contribution < -0.4 is 14.8 Å². The first-order chi connectivity index (χ1) is 13.2. The SMILES string of the molecule is COc1cccc2sc(NC(=O)c3ccc(OCC4CCCO4)cc3)nc12. The van der Waals surface area contributed by atoms with Gasteiger partial charge in [0.1, 0.15) is 23.6 Å². The molecule has 2 heterocycles. The monoisotopic (exact) mass is 384 g/mol. The predicted octanol–water partition coefficient (Wildman–Crippen LogP) is 4.12. The van der Waals surface area contributed by atoms with Crippen LogP contribution in [0, 0.1) is 0 Å². The number of carbonyl (C=O) groups is 1. The first-order valence-corrected chi connectivity index (χ1v) is 9.64. The lowest BCUT2D eigenvalue weighted by molar-refractivity contribution is 0.0679.